The zero-order chi connectivity index (χ0) is 25.5. The van der Waals surface area contributed by atoms with Crippen molar-refractivity contribution in [2.75, 3.05) is 58.0 Å². The molecule has 4 heterocycles. The zero-order valence-corrected chi connectivity index (χ0v) is 21.6. The van der Waals surface area contributed by atoms with Gasteiger partial charge in [0.25, 0.3) is 5.91 Å². The van der Waals surface area contributed by atoms with Crippen LogP contribution in [0, 0.1) is 11.3 Å². The van der Waals surface area contributed by atoms with Crippen LogP contribution in [-0.4, -0.2) is 83.4 Å². The van der Waals surface area contributed by atoms with Crippen LogP contribution in [0.1, 0.15) is 28.5 Å². The number of ether oxygens (including phenoxy) is 1. The highest BCUT2D eigenvalue weighted by molar-refractivity contribution is 7.99. The molecule has 1 aliphatic heterocycles. The third kappa shape index (κ3) is 5.84. The number of thioether (sulfide) groups is 1. The van der Waals surface area contributed by atoms with Gasteiger partial charge in [-0.25, -0.2) is 15.0 Å². The van der Waals surface area contributed by atoms with Gasteiger partial charge in [-0.2, -0.15) is 5.26 Å². The molecule has 0 atom stereocenters. The van der Waals surface area contributed by atoms with Crippen LogP contribution in [0.15, 0.2) is 35.4 Å². The van der Waals surface area contributed by atoms with Crippen molar-refractivity contribution in [1.29, 1.82) is 5.26 Å². The van der Waals surface area contributed by atoms with Crippen molar-refractivity contribution in [3.63, 3.8) is 0 Å². The minimum absolute atomic E-state index is 0.213. The molecule has 0 spiro atoms. The van der Waals surface area contributed by atoms with E-state index in [1.165, 1.54) is 0 Å². The lowest BCUT2D eigenvalue weighted by atomic mass is 10.0. The Bertz CT molecular complexity index is 1270. The second-order valence-electron chi connectivity index (χ2n) is 8.23. The van der Waals surface area contributed by atoms with E-state index in [1.54, 1.807) is 37.2 Å². The Balaban J connectivity index is 1.34. The quantitative estimate of drug-likeness (QED) is 0.419. The number of aromatic nitrogens is 3. The van der Waals surface area contributed by atoms with Crippen molar-refractivity contribution in [3.8, 4) is 11.9 Å². The van der Waals surface area contributed by atoms with E-state index < -0.39 is 0 Å². The molecular formula is C25H30N8O2S. The van der Waals surface area contributed by atoms with Gasteiger partial charge in [0.2, 0.25) is 5.88 Å². The number of nitrogens with zero attached hydrogens (tertiary/aromatic N) is 6. The number of fused-ring (bicyclic) bond motifs is 1. The van der Waals surface area contributed by atoms with Gasteiger partial charge >= 0.3 is 0 Å². The van der Waals surface area contributed by atoms with Gasteiger partial charge in [0.15, 0.2) is 0 Å². The van der Waals surface area contributed by atoms with Crippen LogP contribution in [0.25, 0.3) is 11.0 Å². The summed E-state index contributed by atoms with van der Waals surface area (Å²) in [4.78, 5) is 29.5. The fourth-order valence-corrected chi connectivity index (χ4v) is 4.90. The maximum absolute atomic E-state index is 12.8. The average Bonchev–Trinajstić information content (AvgIpc) is 2.92. The van der Waals surface area contributed by atoms with Crippen molar-refractivity contribution in [2.24, 2.45) is 0 Å². The molecule has 1 amide bonds. The summed E-state index contributed by atoms with van der Waals surface area (Å²) in [7, 11) is 3.38. The summed E-state index contributed by atoms with van der Waals surface area (Å²) in [6.07, 6.45) is 2.29. The maximum atomic E-state index is 12.8. The molecule has 0 aromatic carbocycles. The number of hydrogen-bond acceptors (Lipinski definition) is 10. The van der Waals surface area contributed by atoms with Crippen LogP contribution >= 0.6 is 11.8 Å². The van der Waals surface area contributed by atoms with E-state index in [4.69, 9.17) is 4.74 Å². The molecule has 11 heteroatoms. The van der Waals surface area contributed by atoms with E-state index in [0.29, 0.717) is 48.0 Å². The van der Waals surface area contributed by atoms with Gasteiger partial charge < -0.3 is 15.0 Å². The monoisotopic (exact) mass is 506 g/mol. The first-order valence-electron chi connectivity index (χ1n) is 11.9. The van der Waals surface area contributed by atoms with Crippen LogP contribution in [-0.2, 0) is 6.42 Å². The van der Waals surface area contributed by atoms with Crippen molar-refractivity contribution in [3.05, 3.63) is 47.3 Å². The van der Waals surface area contributed by atoms with Gasteiger partial charge in [0.1, 0.15) is 17.6 Å². The molecule has 4 rings (SSSR count). The van der Waals surface area contributed by atoms with E-state index in [2.05, 4.69) is 43.6 Å². The van der Waals surface area contributed by atoms with Gasteiger partial charge in [-0.05, 0) is 30.4 Å². The van der Waals surface area contributed by atoms with E-state index in [1.807, 2.05) is 24.2 Å². The first-order chi connectivity index (χ1) is 17.6. The van der Waals surface area contributed by atoms with Gasteiger partial charge in [0.05, 0.1) is 23.7 Å². The molecule has 0 radical (unpaired) electrons. The third-order valence-electron chi connectivity index (χ3n) is 6.06. The highest BCUT2D eigenvalue weighted by atomic mass is 32.2. The number of carbonyl (C=O) groups excluding carboxylic acids is 1. The molecule has 0 unspecified atom stereocenters. The highest BCUT2D eigenvalue weighted by Crippen LogP contribution is 2.25. The molecule has 1 saturated heterocycles. The number of anilines is 1. The summed E-state index contributed by atoms with van der Waals surface area (Å²) >= 11 is 1.69. The molecule has 1 aliphatic rings. The molecule has 3 aromatic heterocycles. The Labute approximate surface area is 215 Å². The van der Waals surface area contributed by atoms with E-state index in [9.17, 15) is 10.1 Å². The largest absolute Gasteiger partial charge is 0.481 e. The van der Waals surface area contributed by atoms with Crippen LogP contribution in [0.4, 0.5) is 5.82 Å². The number of piperazine rings is 1. The lowest BCUT2D eigenvalue weighted by molar-refractivity contribution is 0.0618. The Morgan fingerprint density at radius 2 is 2.00 bits per heavy atom. The molecule has 10 nitrogen and oxygen atoms in total. The Morgan fingerprint density at radius 3 is 2.69 bits per heavy atom. The summed E-state index contributed by atoms with van der Waals surface area (Å²) < 4.78 is 5.27. The van der Waals surface area contributed by atoms with Gasteiger partial charge in [-0.3, -0.25) is 15.2 Å². The predicted molar refractivity (Wildman–Crippen MR) is 140 cm³/mol. The molecule has 3 aromatic rings. The normalized spacial score (nSPS) is 14.4. The van der Waals surface area contributed by atoms with Crippen LogP contribution < -0.4 is 15.5 Å². The van der Waals surface area contributed by atoms with Crippen molar-refractivity contribution < 1.29 is 9.53 Å². The van der Waals surface area contributed by atoms with Crippen molar-refractivity contribution in [2.45, 2.75) is 18.2 Å². The third-order valence-corrected chi connectivity index (χ3v) is 6.99. The number of rotatable bonds is 9. The van der Waals surface area contributed by atoms with Crippen LogP contribution in [0.5, 0.6) is 5.88 Å². The Hall–Kier alpha value is -3.46. The van der Waals surface area contributed by atoms with E-state index >= 15 is 0 Å². The maximum Gasteiger partial charge on any atom is 0.284 e. The molecular weight excluding hydrogens is 476 g/mol. The average molecular weight is 507 g/mol. The fraction of sp³-hybridized carbons (Fsp3) is 0.400. The summed E-state index contributed by atoms with van der Waals surface area (Å²) in [5.74, 6) is 1.94. The zero-order valence-electron chi connectivity index (χ0n) is 20.7. The lowest BCUT2D eigenvalue weighted by Crippen LogP contribution is -2.53. The second-order valence-corrected chi connectivity index (χ2v) is 9.54. The number of hydrazine groups is 1. The predicted octanol–water partition coefficient (Wildman–Crippen LogP) is 2.56. The lowest BCUT2D eigenvalue weighted by Gasteiger charge is -2.34. The summed E-state index contributed by atoms with van der Waals surface area (Å²) in [5, 5.41) is 14.6. The summed E-state index contributed by atoms with van der Waals surface area (Å²) in [6.45, 7) is 5.84. The molecule has 2 N–H and O–H groups in total. The summed E-state index contributed by atoms with van der Waals surface area (Å²) in [5.41, 5.74) is 6.24. The SMILES string of the molecule is CCSc1ccc(C(=O)NN2CCN(CCc3c(C#N)cnc4ccc(OC)nc34)CC2)nc1NC. The summed E-state index contributed by atoms with van der Waals surface area (Å²) in [6, 6.07) is 9.57. The molecule has 0 saturated carbocycles. The molecule has 0 aliphatic carbocycles. The van der Waals surface area contributed by atoms with Gasteiger partial charge in [-0.15, -0.1) is 11.8 Å². The molecule has 1 fully saturated rings. The topological polar surface area (TPSA) is 119 Å². The fourth-order valence-electron chi connectivity index (χ4n) is 4.14. The number of pyridine rings is 3. The van der Waals surface area contributed by atoms with E-state index in [0.717, 1.165) is 41.4 Å². The highest BCUT2D eigenvalue weighted by Gasteiger charge is 2.21. The molecule has 0 bridgehead atoms. The minimum atomic E-state index is -0.213. The number of amides is 1. The standard InChI is InChI=1S/C25H30N8O2S/c1-4-36-21-7-5-20(29-24(21)27-2)25(34)31-33-13-11-32(12-14-33)10-9-18-17(15-26)16-28-19-6-8-22(35-3)30-23(18)19/h5-8,16H,4,9-14H2,1-3H3,(H,27,29)(H,31,34). The number of hydrogen-bond donors (Lipinski definition) is 2. The Kier molecular flexibility index (Phi) is 8.53. The van der Waals surface area contributed by atoms with Crippen molar-refractivity contribution >= 4 is 34.5 Å². The molecule has 36 heavy (non-hydrogen) atoms. The first kappa shape index (κ1) is 25.6. The Morgan fingerprint density at radius 1 is 1.19 bits per heavy atom. The number of nitrogens with one attached hydrogen (secondary N) is 2. The van der Waals surface area contributed by atoms with Gasteiger partial charge in [0, 0.05) is 62.5 Å². The second kappa shape index (κ2) is 12.0. The van der Waals surface area contributed by atoms with Crippen LogP contribution in [0.2, 0.25) is 0 Å². The van der Waals surface area contributed by atoms with Gasteiger partial charge in [-0.1, -0.05) is 6.92 Å². The number of carbonyl (C=O) groups is 1. The number of methoxy groups -OCH3 is 1. The first-order valence-corrected chi connectivity index (χ1v) is 12.9. The number of nitriles is 1. The van der Waals surface area contributed by atoms with Crippen molar-refractivity contribution in [1.82, 2.24) is 30.3 Å². The molecule has 188 valence electrons. The van der Waals surface area contributed by atoms with Crippen LogP contribution in [0.3, 0.4) is 0 Å². The minimum Gasteiger partial charge on any atom is -0.481 e. The smallest absolute Gasteiger partial charge is 0.284 e. The van der Waals surface area contributed by atoms with E-state index in [-0.39, 0.29) is 5.91 Å².